The van der Waals surface area contributed by atoms with Crippen molar-refractivity contribution in [1.82, 2.24) is 0 Å². The van der Waals surface area contributed by atoms with Crippen molar-refractivity contribution in [2.45, 2.75) is 25.1 Å². The van der Waals surface area contributed by atoms with E-state index in [-0.39, 0.29) is 5.75 Å². The smallest absolute Gasteiger partial charge is 0.123 e. The van der Waals surface area contributed by atoms with Gasteiger partial charge in [-0.3, -0.25) is 4.21 Å². The second-order valence-corrected chi connectivity index (χ2v) is 6.09. The van der Waals surface area contributed by atoms with Crippen molar-refractivity contribution in [3.05, 3.63) is 35.1 Å². The first-order chi connectivity index (χ1) is 7.81. The molecule has 0 aliphatic heterocycles. The van der Waals surface area contributed by atoms with E-state index in [1.54, 1.807) is 13.8 Å². The molecule has 0 amide bonds. The van der Waals surface area contributed by atoms with Crippen molar-refractivity contribution in [2.75, 3.05) is 5.75 Å². The average Bonchev–Trinajstić information content (AvgIpc) is 2.14. The van der Waals surface area contributed by atoms with E-state index < -0.39 is 22.2 Å². The molecule has 0 aliphatic carbocycles. The Labute approximate surface area is 103 Å². The summed E-state index contributed by atoms with van der Waals surface area (Å²) in [5, 5.41) is 8.86. The van der Waals surface area contributed by atoms with Crippen LogP contribution < -0.4 is 5.73 Å². The zero-order valence-corrected chi connectivity index (χ0v) is 10.7. The highest BCUT2D eigenvalue weighted by molar-refractivity contribution is 7.84. The third-order valence-corrected chi connectivity index (χ3v) is 3.74. The molecule has 0 spiro atoms. The molecule has 1 aromatic carbocycles. The Morgan fingerprint density at radius 3 is 2.71 bits per heavy atom. The number of benzene rings is 1. The molecule has 1 aromatic rings. The van der Waals surface area contributed by atoms with E-state index >= 15 is 0 Å². The van der Waals surface area contributed by atoms with Crippen LogP contribution in [0.5, 0.6) is 0 Å². The van der Waals surface area contributed by atoms with Gasteiger partial charge in [0, 0.05) is 22.1 Å². The molecular formula is C12H15FN2OS. The largest absolute Gasteiger partial charge is 0.325 e. The molecule has 0 saturated carbocycles. The molecule has 0 aromatic heterocycles. The van der Waals surface area contributed by atoms with Crippen LogP contribution in [0.4, 0.5) is 4.39 Å². The minimum Gasteiger partial charge on any atom is -0.325 e. The Bertz CT molecular complexity index is 474. The van der Waals surface area contributed by atoms with Gasteiger partial charge < -0.3 is 5.73 Å². The van der Waals surface area contributed by atoms with Crippen LogP contribution in [-0.4, -0.2) is 15.5 Å². The van der Waals surface area contributed by atoms with E-state index in [1.807, 2.05) is 6.07 Å². The van der Waals surface area contributed by atoms with E-state index in [2.05, 4.69) is 0 Å². The first kappa shape index (κ1) is 13.8. The van der Waals surface area contributed by atoms with Crippen LogP contribution in [-0.2, 0) is 16.6 Å². The topological polar surface area (TPSA) is 66.9 Å². The zero-order valence-electron chi connectivity index (χ0n) is 9.87. The summed E-state index contributed by atoms with van der Waals surface area (Å²) in [4.78, 5) is 0. The predicted octanol–water partition coefficient (Wildman–Crippen LogP) is 1.68. The Balaban J connectivity index is 2.85. The van der Waals surface area contributed by atoms with E-state index in [0.29, 0.717) is 16.9 Å². The molecule has 17 heavy (non-hydrogen) atoms. The number of nitrogens with zero attached hydrogens (tertiary/aromatic N) is 1. The predicted molar refractivity (Wildman–Crippen MR) is 66.1 cm³/mol. The van der Waals surface area contributed by atoms with Crippen LogP contribution in [0.15, 0.2) is 18.2 Å². The third-order valence-electron chi connectivity index (χ3n) is 2.04. The van der Waals surface area contributed by atoms with Gasteiger partial charge in [0.2, 0.25) is 0 Å². The summed E-state index contributed by atoms with van der Waals surface area (Å²) in [6.07, 6.45) is 0. The van der Waals surface area contributed by atoms with Crippen molar-refractivity contribution < 1.29 is 8.60 Å². The minimum atomic E-state index is -1.20. The Morgan fingerprint density at radius 2 is 2.18 bits per heavy atom. The third kappa shape index (κ3) is 4.63. The van der Waals surface area contributed by atoms with Crippen molar-refractivity contribution in [1.29, 1.82) is 5.26 Å². The van der Waals surface area contributed by atoms with Gasteiger partial charge in [-0.05, 0) is 37.6 Å². The number of hydrogen-bond acceptors (Lipinski definition) is 3. The van der Waals surface area contributed by atoms with Gasteiger partial charge in [-0.25, -0.2) is 4.39 Å². The van der Waals surface area contributed by atoms with Crippen LogP contribution in [0.1, 0.15) is 25.0 Å². The molecule has 1 unspecified atom stereocenters. The highest BCUT2D eigenvalue weighted by Gasteiger charge is 2.16. The number of halogens is 1. The van der Waals surface area contributed by atoms with Crippen molar-refractivity contribution in [3.63, 3.8) is 0 Å². The summed E-state index contributed by atoms with van der Waals surface area (Å²) in [7, 11) is -1.20. The summed E-state index contributed by atoms with van der Waals surface area (Å²) in [6.45, 7) is 3.56. The quantitative estimate of drug-likeness (QED) is 0.889. The minimum absolute atomic E-state index is 0.154. The lowest BCUT2D eigenvalue weighted by Gasteiger charge is -2.17. The second-order valence-electron chi connectivity index (χ2n) is 4.63. The van der Waals surface area contributed by atoms with Crippen LogP contribution in [0, 0.1) is 17.1 Å². The lowest BCUT2D eigenvalue weighted by Crippen LogP contribution is -2.38. The van der Waals surface area contributed by atoms with Gasteiger partial charge in [-0.2, -0.15) is 5.26 Å². The molecule has 3 nitrogen and oxygen atoms in total. The van der Waals surface area contributed by atoms with Gasteiger partial charge in [-0.1, -0.05) is 0 Å². The summed E-state index contributed by atoms with van der Waals surface area (Å²) in [6, 6.07) is 5.83. The average molecular weight is 254 g/mol. The fourth-order valence-corrected chi connectivity index (χ4v) is 2.95. The van der Waals surface area contributed by atoms with E-state index in [9.17, 15) is 8.60 Å². The zero-order chi connectivity index (χ0) is 13.1. The SMILES string of the molecule is CC(C)(N)CS(=O)Cc1cc(F)ccc1C#N. The van der Waals surface area contributed by atoms with Crippen molar-refractivity contribution >= 4 is 10.8 Å². The fraction of sp³-hybridized carbons (Fsp3) is 0.417. The molecule has 0 bridgehead atoms. The van der Waals surface area contributed by atoms with Crippen LogP contribution in [0.25, 0.3) is 0 Å². The first-order valence-corrected chi connectivity index (χ1v) is 6.63. The highest BCUT2D eigenvalue weighted by Crippen LogP contribution is 2.14. The summed E-state index contributed by atoms with van der Waals surface area (Å²) in [5.41, 5.74) is 6.05. The molecule has 0 aliphatic rings. The molecule has 5 heteroatoms. The summed E-state index contributed by atoms with van der Waals surface area (Å²) >= 11 is 0. The van der Waals surface area contributed by atoms with Gasteiger partial charge in [0.15, 0.2) is 0 Å². The maximum atomic E-state index is 13.0. The number of hydrogen-bond donors (Lipinski definition) is 1. The van der Waals surface area contributed by atoms with Crippen LogP contribution in [0.2, 0.25) is 0 Å². The lowest BCUT2D eigenvalue weighted by molar-refractivity contribution is 0.577. The Kier molecular flexibility index (Phi) is 4.38. The van der Waals surface area contributed by atoms with E-state index in [4.69, 9.17) is 11.0 Å². The number of rotatable bonds is 4. The normalized spacial score (nSPS) is 13.1. The van der Waals surface area contributed by atoms with Gasteiger partial charge in [0.1, 0.15) is 5.82 Å². The lowest BCUT2D eigenvalue weighted by atomic mass is 10.1. The standard InChI is InChI=1S/C12H15FN2OS/c1-12(2,15)8-17(16)7-10-5-11(13)4-3-9(10)6-14/h3-5H,7-8,15H2,1-2H3. The molecule has 1 atom stereocenters. The maximum absolute atomic E-state index is 13.0. The summed E-state index contributed by atoms with van der Waals surface area (Å²) in [5.74, 6) is 0.0402. The monoisotopic (exact) mass is 254 g/mol. The molecular weight excluding hydrogens is 239 g/mol. The number of nitriles is 1. The fourth-order valence-electron chi connectivity index (χ4n) is 1.43. The molecule has 0 radical (unpaired) electrons. The van der Waals surface area contributed by atoms with Gasteiger partial charge in [0.25, 0.3) is 0 Å². The molecule has 0 fully saturated rings. The summed E-state index contributed by atoms with van der Waals surface area (Å²) < 4.78 is 24.8. The molecule has 92 valence electrons. The molecule has 0 saturated heterocycles. The van der Waals surface area contributed by atoms with Crippen LogP contribution in [0.3, 0.4) is 0 Å². The van der Waals surface area contributed by atoms with Gasteiger partial charge >= 0.3 is 0 Å². The van der Waals surface area contributed by atoms with E-state index in [1.165, 1.54) is 18.2 Å². The maximum Gasteiger partial charge on any atom is 0.123 e. The second kappa shape index (κ2) is 5.39. The van der Waals surface area contributed by atoms with E-state index in [0.717, 1.165) is 0 Å². The molecule has 1 rings (SSSR count). The Hall–Kier alpha value is -1.25. The van der Waals surface area contributed by atoms with Gasteiger partial charge in [-0.15, -0.1) is 0 Å². The molecule has 2 N–H and O–H groups in total. The molecule has 0 heterocycles. The van der Waals surface area contributed by atoms with Crippen LogP contribution >= 0.6 is 0 Å². The van der Waals surface area contributed by atoms with Crippen molar-refractivity contribution in [3.8, 4) is 6.07 Å². The number of nitrogens with two attached hydrogens (primary N) is 1. The first-order valence-electron chi connectivity index (χ1n) is 5.14. The Morgan fingerprint density at radius 1 is 1.53 bits per heavy atom. The highest BCUT2D eigenvalue weighted by atomic mass is 32.2. The van der Waals surface area contributed by atoms with Gasteiger partial charge in [0.05, 0.1) is 17.4 Å². The van der Waals surface area contributed by atoms with Crippen molar-refractivity contribution in [2.24, 2.45) is 5.73 Å².